The lowest BCUT2D eigenvalue weighted by atomic mass is 9.97. The average Bonchev–Trinajstić information content (AvgIpc) is 3.32. The van der Waals surface area contributed by atoms with E-state index >= 15 is 0 Å². The Hall–Kier alpha value is -3.31. The Morgan fingerprint density at radius 2 is 1.97 bits per heavy atom. The van der Waals surface area contributed by atoms with E-state index in [4.69, 9.17) is 5.14 Å². The van der Waals surface area contributed by atoms with Gasteiger partial charge >= 0.3 is 0 Å². The highest BCUT2D eigenvalue weighted by Crippen LogP contribution is 2.23. The Bertz CT molecular complexity index is 1150. The van der Waals surface area contributed by atoms with Crippen molar-refractivity contribution in [3.63, 3.8) is 0 Å². The number of hydrogen-bond donors (Lipinski definition) is 2. The second kappa shape index (κ2) is 8.82. The molecule has 0 saturated carbocycles. The van der Waals surface area contributed by atoms with E-state index in [0.717, 1.165) is 30.8 Å². The lowest BCUT2D eigenvalue weighted by Gasteiger charge is -2.32. The first-order chi connectivity index (χ1) is 14.9. The van der Waals surface area contributed by atoms with Gasteiger partial charge in [0, 0.05) is 38.1 Å². The fourth-order valence-electron chi connectivity index (χ4n) is 3.57. The molecule has 3 heterocycles. The molecule has 11 heteroatoms. The quantitative estimate of drug-likeness (QED) is 0.578. The van der Waals surface area contributed by atoms with Gasteiger partial charge in [0.2, 0.25) is 15.9 Å². The van der Waals surface area contributed by atoms with Crippen molar-refractivity contribution in [3.8, 4) is 5.82 Å². The number of aromatic nitrogens is 4. The van der Waals surface area contributed by atoms with E-state index < -0.39 is 10.0 Å². The van der Waals surface area contributed by atoms with Crippen LogP contribution in [0.4, 0.5) is 5.82 Å². The fraction of sp³-hybridized carbons (Fsp3) is 0.300. The van der Waals surface area contributed by atoms with Gasteiger partial charge in [-0.25, -0.2) is 28.2 Å². The Labute approximate surface area is 180 Å². The van der Waals surface area contributed by atoms with Crippen molar-refractivity contribution in [3.05, 3.63) is 60.7 Å². The third-order valence-corrected chi connectivity index (χ3v) is 6.14. The summed E-state index contributed by atoms with van der Waals surface area (Å²) in [6.07, 6.45) is 6.67. The number of amides is 1. The molecule has 4 rings (SSSR count). The number of sulfonamides is 1. The van der Waals surface area contributed by atoms with Gasteiger partial charge in [0.15, 0.2) is 5.82 Å². The van der Waals surface area contributed by atoms with Crippen LogP contribution < -0.4 is 15.4 Å². The zero-order valence-electron chi connectivity index (χ0n) is 16.8. The number of benzene rings is 1. The lowest BCUT2D eigenvalue weighted by molar-refractivity contribution is -0.125. The number of primary sulfonamides is 1. The van der Waals surface area contributed by atoms with Gasteiger partial charge in [0.1, 0.15) is 12.1 Å². The van der Waals surface area contributed by atoms with E-state index in [9.17, 15) is 13.2 Å². The number of carbonyl (C=O) groups excluding carboxylic acids is 1. The summed E-state index contributed by atoms with van der Waals surface area (Å²) >= 11 is 0. The number of piperidine rings is 1. The molecule has 1 aliphatic heterocycles. The van der Waals surface area contributed by atoms with Crippen LogP contribution in [-0.4, -0.2) is 47.2 Å². The minimum atomic E-state index is -3.73. The van der Waals surface area contributed by atoms with Crippen molar-refractivity contribution in [2.24, 2.45) is 11.1 Å². The maximum absolute atomic E-state index is 12.7. The predicted molar refractivity (Wildman–Crippen MR) is 114 cm³/mol. The van der Waals surface area contributed by atoms with Gasteiger partial charge in [-0.15, -0.1) is 0 Å². The largest absolute Gasteiger partial charge is 0.356 e. The Balaban J connectivity index is 1.37. The highest BCUT2D eigenvalue weighted by atomic mass is 32.2. The average molecular weight is 442 g/mol. The molecule has 0 spiro atoms. The first-order valence-electron chi connectivity index (χ1n) is 9.86. The summed E-state index contributed by atoms with van der Waals surface area (Å²) < 4.78 is 24.4. The molecular weight excluding hydrogens is 418 g/mol. The van der Waals surface area contributed by atoms with E-state index in [2.05, 4.69) is 25.3 Å². The topological polar surface area (TPSA) is 136 Å². The number of hydrogen-bond acceptors (Lipinski definition) is 7. The molecule has 0 aliphatic carbocycles. The molecular formula is C20H23N7O3S. The lowest BCUT2D eigenvalue weighted by Crippen LogP contribution is -2.43. The first kappa shape index (κ1) is 20.9. The molecule has 1 atom stereocenters. The monoisotopic (exact) mass is 441 g/mol. The minimum Gasteiger partial charge on any atom is -0.356 e. The molecule has 1 aliphatic rings. The normalized spacial score (nSPS) is 16.8. The van der Waals surface area contributed by atoms with Gasteiger partial charge in [0.05, 0.1) is 10.8 Å². The third kappa shape index (κ3) is 5.06. The molecule has 0 bridgehead atoms. The Morgan fingerprint density at radius 3 is 2.68 bits per heavy atom. The SMILES string of the molecule is NS(=O)(=O)c1ccc(CNC(=O)C2CCCN(c3cc(-n4cccn4)ncn3)C2)cc1. The van der Waals surface area contributed by atoms with Gasteiger partial charge in [-0.1, -0.05) is 12.1 Å². The molecule has 10 nitrogen and oxygen atoms in total. The molecule has 3 N–H and O–H groups in total. The van der Waals surface area contributed by atoms with Crippen molar-refractivity contribution >= 4 is 21.7 Å². The summed E-state index contributed by atoms with van der Waals surface area (Å²) in [5.74, 6) is 1.23. The number of nitrogens with zero attached hydrogens (tertiary/aromatic N) is 5. The fourth-order valence-corrected chi connectivity index (χ4v) is 4.08. The summed E-state index contributed by atoms with van der Waals surface area (Å²) in [5, 5.41) is 12.2. The van der Waals surface area contributed by atoms with Gasteiger partial charge in [-0.2, -0.15) is 5.10 Å². The van der Waals surface area contributed by atoms with E-state index in [-0.39, 0.29) is 16.7 Å². The number of anilines is 1. The number of rotatable bonds is 6. The van der Waals surface area contributed by atoms with Gasteiger partial charge in [-0.3, -0.25) is 4.79 Å². The molecule has 2 aromatic heterocycles. The van der Waals surface area contributed by atoms with Crippen LogP contribution in [0.25, 0.3) is 5.82 Å². The van der Waals surface area contributed by atoms with Crippen LogP contribution >= 0.6 is 0 Å². The predicted octanol–water partition coefficient (Wildman–Crippen LogP) is 0.842. The summed E-state index contributed by atoms with van der Waals surface area (Å²) in [5.41, 5.74) is 0.799. The van der Waals surface area contributed by atoms with Crippen molar-refractivity contribution in [2.75, 3.05) is 18.0 Å². The summed E-state index contributed by atoms with van der Waals surface area (Å²) in [6.45, 7) is 1.69. The van der Waals surface area contributed by atoms with E-state index in [1.807, 2.05) is 18.3 Å². The molecule has 1 amide bonds. The standard InChI is InChI=1S/C20H23N7O3S/c21-31(29,30)17-6-4-15(5-7-17)12-22-20(28)16-3-1-9-26(13-16)18-11-19(24-14-23-18)27-10-2-8-25-27/h2,4-8,10-11,14,16H,1,3,9,12-13H2,(H,22,28)(H2,21,29,30). The molecule has 1 aromatic carbocycles. The van der Waals surface area contributed by atoms with Gasteiger partial charge in [-0.05, 0) is 36.6 Å². The highest BCUT2D eigenvalue weighted by molar-refractivity contribution is 7.89. The molecule has 1 saturated heterocycles. The number of carbonyl (C=O) groups is 1. The summed E-state index contributed by atoms with van der Waals surface area (Å²) in [6, 6.07) is 9.85. The Morgan fingerprint density at radius 1 is 1.19 bits per heavy atom. The second-order valence-electron chi connectivity index (χ2n) is 7.38. The van der Waals surface area contributed by atoms with Gasteiger partial charge in [0.25, 0.3) is 0 Å². The molecule has 1 unspecified atom stereocenters. The molecule has 162 valence electrons. The van der Waals surface area contributed by atoms with Crippen LogP contribution in [0, 0.1) is 5.92 Å². The minimum absolute atomic E-state index is 0.0402. The number of nitrogens with two attached hydrogens (primary N) is 1. The Kier molecular flexibility index (Phi) is 5.96. The molecule has 31 heavy (non-hydrogen) atoms. The molecule has 1 fully saturated rings. The maximum Gasteiger partial charge on any atom is 0.238 e. The van der Waals surface area contributed by atoms with E-state index in [1.54, 1.807) is 23.0 Å². The van der Waals surface area contributed by atoms with Crippen LogP contribution in [0.3, 0.4) is 0 Å². The first-order valence-corrected chi connectivity index (χ1v) is 11.4. The van der Waals surface area contributed by atoms with Crippen molar-refractivity contribution in [1.82, 2.24) is 25.1 Å². The zero-order valence-corrected chi connectivity index (χ0v) is 17.6. The van der Waals surface area contributed by atoms with Crippen LogP contribution in [0.15, 0.2) is 60.0 Å². The van der Waals surface area contributed by atoms with Crippen molar-refractivity contribution < 1.29 is 13.2 Å². The maximum atomic E-state index is 12.7. The second-order valence-corrected chi connectivity index (χ2v) is 8.94. The van der Waals surface area contributed by atoms with Crippen molar-refractivity contribution in [2.45, 2.75) is 24.3 Å². The number of nitrogens with one attached hydrogen (secondary N) is 1. The van der Waals surface area contributed by atoms with Crippen LogP contribution in [-0.2, 0) is 21.4 Å². The van der Waals surface area contributed by atoms with Crippen molar-refractivity contribution in [1.29, 1.82) is 0 Å². The molecule has 0 radical (unpaired) electrons. The van der Waals surface area contributed by atoms with E-state index in [0.29, 0.717) is 18.9 Å². The zero-order chi connectivity index (χ0) is 21.8. The van der Waals surface area contributed by atoms with Crippen LogP contribution in [0.1, 0.15) is 18.4 Å². The van der Waals surface area contributed by atoms with E-state index in [1.165, 1.54) is 18.5 Å². The highest BCUT2D eigenvalue weighted by Gasteiger charge is 2.26. The third-order valence-electron chi connectivity index (χ3n) is 5.21. The molecule has 3 aromatic rings. The van der Waals surface area contributed by atoms with Gasteiger partial charge < -0.3 is 10.2 Å². The van der Waals surface area contributed by atoms with Crippen LogP contribution in [0.2, 0.25) is 0 Å². The summed E-state index contributed by atoms with van der Waals surface area (Å²) in [4.78, 5) is 23.5. The van der Waals surface area contributed by atoms with Crippen LogP contribution in [0.5, 0.6) is 0 Å². The summed E-state index contributed by atoms with van der Waals surface area (Å²) in [7, 11) is -3.73. The smallest absolute Gasteiger partial charge is 0.238 e.